The van der Waals surface area contributed by atoms with E-state index in [-0.39, 0.29) is 22.4 Å². The van der Waals surface area contributed by atoms with Gasteiger partial charge in [-0.3, -0.25) is 4.79 Å². The number of carbonyl (C=O) groups excluding carboxylic acids is 1. The molecule has 2 aliphatic rings. The number of carbonyl (C=O) groups is 1. The number of fused-ring (bicyclic) bond motifs is 1. The van der Waals surface area contributed by atoms with Gasteiger partial charge in [-0.05, 0) is 36.8 Å². The molecule has 1 aromatic carbocycles. The highest BCUT2D eigenvalue weighted by Gasteiger charge is 2.61. The van der Waals surface area contributed by atoms with Crippen molar-refractivity contribution in [2.45, 2.75) is 23.1 Å². The first-order valence-electron chi connectivity index (χ1n) is 8.59. The fourth-order valence-electron chi connectivity index (χ4n) is 3.32. The number of alkyl halides is 1. The number of benzene rings is 1. The maximum Gasteiger partial charge on any atom is 0.284 e. The van der Waals surface area contributed by atoms with Gasteiger partial charge >= 0.3 is 0 Å². The van der Waals surface area contributed by atoms with E-state index in [2.05, 4.69) is 15.3 Å². The summed E-state index contributed by atoms with van der Waals surface area (Å²) in [5.74, 6) is -0.455. The molecule has 0 bridgehead atoms. The van der Waals surface area contributed by atoms with Crippen LogP contribution in [0.1, 0.15) is 27.2 Å². The number of halogens is 2. The molecule has 3 heterocycles. The Hall–Kier alpha value is -2.83. The molecule has 1 fully saturated rings. The van der Waals surface area contributed by atoms with Crippen molar-refractivity contribution >= 4 is 41.0 Å². The van der Waals surface area contributed by atoms with Gasteiger partial charge in [-0.2, -0.15) is 5.26 Å². The Morgan fingerprint density at radius 1 is 1.52 bits per heavy atom. The van der Waals surface area contributed by atoms with E-state index < -0.39 is 18.1 Å². The number of hydrogen-bond donors (Lipinski definition) is 2. The maximum absolute atomic E-state index is 14.2. The van der Waals surface area contributed by atoms with Gasteiger partial charge in [0.1, 0.15) is 24.0 Å². The van der Waals surface area contributed by atoms with Crippen LogP contribution in [0.5, 0.6) is 0 Å². The maximum atomic E-state index is 14.2. The van der Waals surface area contributed by atoms with E-state index in [9.17, 15) is 9.18 Å². The van der Waals surface area contributed by atoms with Gasteiger partial charge in [0, 0.05) is 22.5 Å². The molecule has 0 radical (unpaired) electrons. The summed E-state index contributed by atoms with van der Waals surface area (Å²) in [7, 11) is 0. The third kappa shape index (κ3) is 3.39. The molecule has 0 saturated carbocycles. The van der Waals surface area contributed by atoms with Crippen LogP contribution in [0.4, 0.5) is 10.1 Å². The molecule has 0 aliphatic carbocycles. The number of nitrogens with one attached hydrogen (secondary N) is 1. The van der Waals surface area contributed by atoms with E-state index in [4.69, 9.17) is 27.3 Å². The third-order valence-corrected chi connectivity index (χ3v) is 6.37. The smallest absolute Gasteiger partial charge is 0.284 e. The van der Waals surface area contributed by atoms with Gasteiger partial charge in [-0.25, -0.2) is 14.4 Å². The molecule has 7 nitrogen and oxygen atoms in total. The van der Waals surface area contributed by atoms with Crippen molar-refractivity contribution in [3.8, 4) is 6.07 Å². The predicted octanol–water partition coefficient (Wildman–Crippen LogP) is 3.12. The van der Waals surface area contributed by atoms with Gasteiger partial charge in [0.05, 0.1) is 10.8 Å². The number of ether oxygens (including phenoxy) is 1. The highest BCUT2D eigenvalue weighted by atomic mass is 35.5. The molecule has 2 aliphatic heterocycles. The Bertz CT molecular complexity index is 1090. The zero-order valence-electron chi connectivity index (χ0n) is 15.1. The van der Waals surface area contributed by atoms with E-state index in [1.807, 2.05) is 6.07 Å². The molecule has 4 rings (SSSR count). The van der Waals surface area contributed by atoms with Crippen LogP contribution in [-0.4, -0.2) is 34.3 Å². The molecule has 3 atom stereocenters. The van der Waals surface area contributed by atoms with Crippen molar-refractivity contribution in [1.29, 1.82) is 5.26 Å². The standard InChI is InChI=1S/C19H15ClFN5O2S/c1-9-4-10(6-22)7-24-14(9)16(27)25-11-2-3-13(20)12(5-11)19(8-21)15-17(29-15)28-18(23)26-19/h2-5,7,15,17H,8H2,1H3,(H2,23,26)(H,25,27)/t15-,17+,19+/m0/s1. The molecular weight excluding hydrogens is 417 g/mol. The van der Waals surface area contributed by atoms with Crippen molar-refractivity contribution < 1.29 is 13.9 Å². The van der Waals surface area contributed by atoms with Crippen LogP contribution in [0, 0.1) is 18.3 Å². The SMILES string of the molecule is Cc1cc(C#N)cnc1C(=O)Nc1ccc(Cl)c([C@@]2(CF)N=C(N)O[C@@H]3S[C@@H]32)c1. The molecule has 3 N–H and O–H groups in total. The number of amidine groups is 1. The quantitative estimate of drug-likeness (QED) is 0.719. The molecule has 10 heteroatoms. The van der Waals surface area contributed by atoms with Crippen LogP contribution < -0.4 is 11.1 Å². The summed E-state index contributed by atoms with van der Waals surface area (Å²) in [5.41, 5.74) is 6.16. The second-order valence-corrected chi connectivity index (χ2v) is 8.35. The van der Waals surface area contributed by atoms with Gasteiger partial charge in [0.2, 0.25) is 0 Å². The van der Waals surface area contributed by atoms with Crippen LogP contribution in [0.2, 0.25) is 5.02 Å². The monoisotopic (exact) mass is 431 g/mol. The minimum atomic E-state index is -1.27. The summed E-state index contributed by atoms with van der Waals surface area (Å²) in [6.45, 7) is 0.886. The van der Waals surface area contributed by atoms with Crippen molar-refractivity contribution in [1.82, 2.24) is 4.98 Å². The molecule has 1 saturated heterocycles. The Morgan fingerprint density at radius 2 is 2.31 bits per heavy atom. The third-order valence-electron chi connectivity index (χ3n) is 4.79. The molecule has 2 aromatic rings. The van der Waals surface area contributed by atoms with Crippen LogP contribution >= 0.6 is 23.4 Å². The number of thioether (sulfide) groups is 1. The predicted molar refractivity (Wildman–Crippen MR) is 109 cm³/mol. The first kappa shape index (κ1) is 19.5. The lowest BCUT2D eigenvalue weighted by Crippen LogP contribution is -2.42. The minimum Gasteiger partial charge on any atom is -0.450 e. The van der Waals surface area contributed by atoms with Crippen LogP contribution in [-0.2, 0) is 10.3 Å². The molecule has 1 aromatic heterocycles. The summed E-state index contributed by atoms with van der Waals surface area (Å²) < 4.78 is 19.6. The Balaban J connectivity index is 1.67. The van der Waals surface area contributed by atoms with Crippen LogP contribution in [0.3, 0.4) is 0 Å². The number of aliphatic imine (C=N–C) groups is 1. The van der Waals surface area contributed by atoms with E-state index in [0.717, 1.165) is 0 Å². The van der Waals surface area contributed by atoms with Crippen molar-refractivity contribution in [3.05, 3.63) is 57.9 Å². The lowest BCUT2D eigenvalue weighted by molar-refractivity contribution is 0.102. The molecule has 29 heavy (non-hydrogen) atoms. The van der Waals surface area contributed by atoms with Crippen molar-refractivity contribution in [2.75, 3.05) is 12.0 Å². The Morgan fingerprint density at radius 3 is 3.00 bits per heavy atom. The van der Waals surface area contributed by atoms with Crippen LogP contribution in [0.25, 0.3) is 0 Å². The number of anilines is 1. The van der Waals surface area contributed by atoms with Gasteiger partial charge in [0.25, 0.3) is 11.9 Å². The van der Waals surface area contributed by atoms with E-state index >= 15 is 0 Å². The summed E-state index contributed by atoms with van der Waals surface area (Å²) in [6.07, 6.45) is 1.33. The second-order valence-electron chi connectivity index (χ2n) is 6.70. The van der Waals surface area contributed by atoms with Gasteiger partial charge < -0.3 is 15.8 Å². The zero-order valence-corrected chi connectivity index (χ0v) is 16.7. The summed E-state index contributed by atoms with van der Waals surface area (Å²) in [5, 5.41) is 11.7. The first-order valence-corrected chi connectivity index (χ1v) is 9.91. The molecular formula is C19H15ClFN5O2S. The molecule has 1 amide bonds. The number of nitrogens with two attached hydrogens (primary N) is 1. The van der Waals surface area contributed by atoms with E-state index in [0.29, 0.717) is 27.4 Å². The van der Waals surface area contributed by atoms with Crippen LogP contribution in [0.15, 0.2) is 35.5 Å². The lowest BCUT2D eigenvalue weighted by atomic mass is 9.87. The number of nitriles is 1. The van der Waals surface area contributed by atoms with Gasteiger partial charge in [0.15, 0.2) is 5.44 Å². The largest absolute Gasteiger partial charge is 0.450 e. The highest BCUT2D eigenvalue weighted by Crippen LogP contribution is 2.58. The van der Waals surface area contributed by atoms with Crippen molar-refractivity contribution in [2.24, 2.45) is 10.7 Å². The fraction of sp³-hybridized carbons (Fsp3) is 0.263. The average Bonchev–Trinajstić information content (AvgIpc) is 3.48. The number of amides is 1. The zero-order chi connectivity index (χ0) is 20.8. The van der Waals surface area contributed by atoms with E-state index in [1.165, 1.54) is 18.0 Å². The summed E-state index contributed by atoms with van der Waals surface area (Å²) in [4.78, 5) is 20.9. The number of nitrogens with zero attached hydrogens (tertiary/aromatic N) is 3. The highest BCUT2D eigenvalue weighted by molar-refractivity contribution is 8.07. The van der Waals surface area contributed by atoms with E-state index in [1.54, 1.807) is 31.2 Å². The molecule has 0 spiro atoms. The molecule has 148 valence electrons. The second kappa shape index (κ2) is 7.21. The lowest BCUT2D eigenvalue weighted by Gasteiger charge is -2.30. The Labute approximate surface area is 175 Å². The number of hydrogen-bond acceptors (Lipinski definition) is 7. The van der Waals surface area contributed by atoms with Crippen molar-refractivity contribution in [3.63, 3.8) is 0 Å². The normalized spacial score (nSPS) is 24.6. The fourth-order valence-corrected chi connectivity index (χ4v) is 4.70. The van der Waals surface area contributed by atoms with Gasteiger partial charge in [-0.15, -0.1) is 11.8 Å². The number of rotatable bonds is 4. The Kier molecular flexibility index (Phi) is 4.84. The number of aromatic nitrogens is 1. The minimum absolute atomic E-state index is 0.0863. The average molecular weight is 432 g/mol. The summed E-state index contributed by atoms with van der Waals surface area (Å²) >= 11 is 7.78. The molecule has 0 unspecified atom stereocenters. The topological polar surface area (TPSA) is 113 Å². The number of pyridine rings is 1. The number of aryl methyl sites for hydroxylation is 1. The summed E-state index contributed by atoms with van der Waals surface area (Å²) in [6, 6.07) is 8.25. The van der Waals surface area contributed by atoms with Gasteiger partial charge in [-0.1, -0.05) is 11.6 Å². The first-order chi connectivity index (χ1) is 13.9.